The van der Waals surface area contributed by atoms with E-state index in [9.17, 15) is 9.59 Å². The van der Waals surface area contributed by atoms with Gasteiger partial charge < -0.3 is 9.47 Å². The highest BCUT2D eigenvalue weighted by molar-refractivity contribution is 6.00. The van der Waals surface area contributed by atoms with E-state index in [2.05, 4.69) is 20.8 Å². The quantitative estimate of drug-likeness (QED) is 0.530. The van der Waals surface area contributed by atoms with Crippen LogP contribution in [-0.2, 0) is 19.1 Å². The molecule has 0 fully saturated rings. The van der Waals surface area contributed by atoms with Gasteiger partial charge in [-0.3, -0.25) is 9.59 Å². The molecule has 0 aliphatic rings. The molecule has 4 nitrogen and oxygen atoms in total. The lowest BCUT2D eigenvalue weighted by atomic mass is 9.70. The molecule has 4 heteroatoms. The van der Waals surface area contributed by atoms with Crippen molar-refractivity contribution >= 4 is 11.9 Å². The molecule has 0 radical (unpaired) electrons. The smallest absolute Gasteiger partial charge is 0.323 e. The molecule has 0 bridgehead atoms. The molecule has 0 N–H and O–H groups in total. The highest BCUT2D eigenvalue weighted by Crippen LogP contribution is 2.39. The zero-order valence-corrected chi connectivity index (χ0v) is 14.0. The summed E-state index contributed by atoms with van der Waals surface area (Å²) >= 11 is 0. The van der Waals surface area contributed by atoms with Gasteiger partial charge in [0, 0.05) is 0 Å². The summed E-state index contributed by atoms with van der Waals surface area (Å²) < 4.78 is 10.3. The molecule has 0 saturated heterocycles. The summed E-state index contributed by atoms with van der Waals surface area (Å²) in [5.74, 6) is -1.08. The van der Waals surface area contributed by atoms with E-state index in [4.69, 9.17) is 9.47 Å². The zero-order valence-electron chi connectivity index (χ0n) is 14.0. The van der Waals surface area contributed by atoms with Gasteiger partial charge in [0.1, 0.15) is 0 Å². The number of rotatable bonds is 7. The normalized spacial score (nSPS) is 12.4. The molecule has 0 rings (SSSR count). The van der Waals surface area contributed by atoms with Gasteiger partial charge in [-0.15, -0.1) is 0 Å². The van der Waals surface area contributed by atoms with E-state index in [1.165, 1.54) is 0 Å². The maximum absolute atomic E-state index is 12.4. The van der Waals surface area contributed by atoms with Gasteiger partial charge in [0.2, 0.25) is 0 Å². The highest BCUT2D eigenvalue weighted by atomic mass is 16.6. The SMILES string of the molecule is CCOC(=O)C(CCC(C)(C)C)(C(=O)OCC)C(C)C. The molecule has 0 spiro atoms. The Morgan fingerprint density at radius 2 is 1.30 bits per heavy atom. The summed E-state index contributed by atoms with van der Waals surface area (Å²) in [4.78, 5) is 24.8. The molecule has 118 valence electrons. The number of ether oxygens (including phenoxy) is 2. The first-order valence-electron chi connectivity index (χ1n) is 7.46. The third kappa shape index (κ3) is 4.80. The van der Waals surface area contributed by atoms with Crippen LogP contribution in [0.25, 0.3) is 0 Å². The van der Waals surface area contributed by atoms with Crippen LogP contribution in [-0.4, -0.2) is 25.2 Å². The first-order chi connectivity index (χ1) is 9.11. The van der Waals surface area contributed by atoms with Crippen LogP contribution >= 0.6 is 0 Å². The lowest BCUT2D eigenvalue weighted by Gasteiger charge is -2.34. The van der Waals surface area contributed by atoms with Gasteiger partial charge in [-0.25, -0.2) is 0 Å². The fourth-order valence-corrected chi connectivity index (χ4v) is 2.14. The summed E-state index contributed by atoms with van der Waals surface area (Å²) in [6.07, 6.45) is 1.20. The third-order valence-corrected chi connectivity index (χ3v) is 3.53. The molecular formula is C16H30O4. The summed E-state index contributed by atoms with van der Waals surface area (Å²) in [6.45, 7) is 14.0. The van der Waals surface area contributed by atoms with Crippen molar-refractivity contribution in [1.29, 1.82) is 0 Å². The molecular weight excluding hydrogens is 256 g/mol. The van der Waals surface area contributed by atoms with Crippen LogP contribution in [0, 0.1) is 16.7 Å². The monoisotopic (exact) mass is 286 g/mol. The first kappa shape index (κ1) is 18.9. The van der Waals surface area contributed by atoms with Crippen LogP contribution in [0.2, 0.25) is 0 Å². The number of hydrogen-bond donors (Lipinski definition) is 0. The Morgan fingerprint density at radius 1 is 0.900 bits per heavy atom. The average Bonchev–Trinajstić information content (AvgIpc) is 2.28. The van der Waals surface area contributed by atoms with Crippen LogP contribution in [0.15, 0.2) is 0 Å². The van der Waals surface area contributed by atoms with Crippen molar-refractivity contribution in [3.8, 4) is 0 Å². The van der Waals surface area contributed by atoms with E-state index < -0.39 is 17.4 Å². The van der Waals surface area contributed by atoms with Crippen molar-refractivity contribution < 1.29 is 19.1 Å². The molecule has 0 aliphatic carbocycles. The van der Waals surface area contributed by atoms with Crippen molar-refractivity contribution in [3.63, 3.8) is 0 Å². The Bertz CT molecular complexity index is 308. The average molecular weight is 286 g/mol. The molecule has 0 saturated carbocycles. The fourth-order valence-electron chi connectivity index (χ4n) is 2.14. The Morgan fingerprint density at radius 3 is 1.55 bits per heavy atom. The second-order valence-electron chi connectivity index (χ2n) is 6.63. The van der Waals surface area contributed by atoms with Crippen LogP contribution in [0.5, 0.6) is 0 Å². The van der Waals surface area contributed by atoms with Crippen LogP contribution in [0.4, 0.5) is 0 Å². The maximum atomic E-state index is 12.4. The lowest BCUT2D eigenvalue weighted by molar-refractivity contribution is -0.177. The van der Waals surface area contributed by atoms with E-state index in [0.717, 1.165) is 6.42 Å². The van der Waals surface area contributed by atoms with Crippen molar-refractivity contribution in [2.24, 2.45) is 16.7 Å². The first-order valence-corrected chi connectivity index (χ1v) is 7.46. The Labute approximate surface area is 123 Å². The van der Waals surface area contributed by atoms with E-state index in [1.54, 1.807) is 13.8 Å². The van der Waals surface area contributed by atoms with E-state index in [1.807, 2.05) is 13.8 Å². The predicted molar refractivity (Wildman–Crippen MR) is 79.2 cm³/mol. The third-order valence-electron chi connectivity index (χ3n) is 3.53. The Balaban J connectivity index is 5.45. The molecule has 0 aromatic heterocycles. The molecule has 0 unspecified atom stereocenters. The van der Waals surface area contributed by atoms with Crippen LogP contribution in [0.1, 0.15) is 61.3 Å². The summed E-state index contributed by atoms with van der Waals surface area (Å²) in [5, 5.41) is 0. The number of carbonyl (C=O) groups is 2. The van der Waals surface area contributed by atoms with Gasteiger partial charge in [0.05, 0.1) is 13.2 Å². The number of hydrogen-bond acceptors (Lipinski definition) is 4. The van der Waals surface area contributed by atoms with Crippen LogP contribution < -0.4 is 0 Å². The highest BCUT2D eigenvalue weighted by Gasteiger charge is 2.51. The maximum Gasteiger partial charge on any atom is 0.323 e. The van der Waals surface area contributed by atoms with Gasteiger partial charge in [-0.1, -0.05) is 34.6 Å². The minimum absolute atomic E-state index is 0.0408. The molecule has 0 amide bonds. The van der Waals surface area contributed by atoms with Gasteiger partial charge in [-0.2, -0.15) is 0 Å². The molecule has 0 aromatic carbocycles. The minimum Gasteiger partial charge on any atom is -0.465 e. The summed E-state index contributed by atoms with van der Waals surface area (Å²) in [5.41, 5.74) is -1.15. The number of carbonyl (C=O) groups excluding carboxylic acids is 2. The standard InChI is InChI=1S/C16H30O4/c1-8-19-13(17)16(12(3)4,14(18)20-9-2)11-10-15(5,6)7/h12H,8-11H2,1-7H3. The van der Waals surface area contributed by atoms with Crippen molar-refractivity contribution in [2.45, 2.75) is 61.3 Å². The lowest BCUT2D eigenvalue weighted by Crippen LogP contribution is -2.46. The van der Waals surface area contributed by atoms with Gasteiger partial charge in [0.25, 0.3) is 0 Å². The molecule has 0 atom stereocenters. The fraction of sp³-hybridized carbons (Fsp3) is 0.875. The van der Waals surface area contributed by atoms with Crippen molar-refractivity contribution in [2.75, 3.05) is 13.2 Å². The van der Waals surface area contributed by atoms with Gasteiger partial charge in [-0.05, 0) is 38.0 Å². The minimum atomic E-state index is -1.20. The van der Waals surface area contributed by atoms with Crippen LogP contribution in [0.3, 0.4) is 0 Å². The van der Waals surface area contributed by atoms with E-state index in [-0.39, 0.29) is 24.5 Å². The second kappa shape index (κ2) is 7.65. The zero-order chi connectivity index (χ0) is 16.0. The van der Waals surface area contributed by atoms with E-state index >= 15 is 0 Å². The molecule has 0 aliphatic heterocycles. The topological polar surface area (TPSA) is 52.6 Å². The molecule has 20 heavy (non-hydrogen) atoms. The molecule has 0 aromatic rings. The van der Waals surface area contributed by atoms with Crippen molar-refractivity contribution in [1.82, 2.24) is 0 Å². The summed E-state index contributed by atoms with van der Waals surface area (Å²) in [6, 6.07) is 0. The van der Waals surface area contributed by atoms with Gasteiger partial charge in [0.15, 0.2) is 5.41 Å². The molecule has 0 heterocycles. The second-order valence-corrected chi connectivity index (χ2v) is 6.63. The van der Waals surface area contributed by atoms with Gasteiger partial charge >= 0.3 is 11.9 Å². The Hall–Kier alpha value is -1.06. The Kier molecular flexibility index (Phi) is 7.25. The largest absolute Gasteiger partial charge is 0.465 e. The van der Waals surface area contributed by atoms with E-state index in [0.29, 0.717) is 6.42 Å². The van der Waals surface area contributed by atoms with Crippen molar-refractivity contribution in [3.05, 3.63) is 0 Å². The summed E-state index contributed by atoms with van der Waals surface area (Å²) in [7, 11) is 0. The predicted octanol–water partition coefficient (Wildman–Crippen LogP) is 3.58. The number of esters is 2.